The molecule has 8 nitrogen and oxygen atoms in total. The zero-order chi connectivity index (χ0) is 39.8. The normalized spacial score (nSPS) is 14.1. The van der Waals surface area contributed by atoms with Crippen molar-refractivity contribution in [3.8, 4) is 11.1 Å². The van der Waals surface area contributed by atoms with Gasteiger partial charge >= 0.3 is 0 Å². The summed E-state index contributed by atoms with van der Waals surface area (Å²) < 4.78 is 29.1. The highest BCUT2D eigenvalue weighted by Gasteiger charge is 2.22. The number of carbonyl (C=O) groups excluding carboxylic acids is 1. The summed E-state index contributed by atoms with van der Waals surface area (Å²) in [7, 11) is 0.0328. The van der Waals surface area contributed by atoms with Crippen LogP contribution in [0.4, 0.5) is 11.4 Å². The number of nitrogens with one attached hydrogen (secondary N) is 2. The second kappa shape index (κ2) is 18.4. The molecule has 0 unspecified atom stereocenters. The van der Waals surface area contributed by atoms with Gasteiger partial charge in [-0.05, 0) is 128 Å². The molecule has 6 aromatic carbocycles. The smallest absolute Gasteiger partial charge is 0.264 e. The third-order valence-electron chi connectivity index (χ3n) is 10.6. The van der Waals surface area contributed by atoms with Gasteiger partial charge in [0, 0.05) is 66.4 Å². The predicted octanol–water partition coefficient (Wildman–Crippen LogP) is 8.78. The van der Waals surface area contributed by atoms with Crippen LogP contribution in [0.2, 0.25) is 0 Å². The molecular formula is C47H51N5O3S2. The van der Waals surface area contributed by atoms with E-state index in [1.54, 1.807) is 42.1 Å². The van der Waals surface area contributed by atoms with Crippen LogP contribution >= 0.6 is 11.8 Å². The van der Waals surface area contributed by atoms with Gasteiger partial charge in [-0.1, -0.05) is 78.9 Å². The number of piperazine rings is 1. The maximum atomic E-state index is 13.4. The molecule has 57 heavy (non-hydrogen) atoms. The molecule has 1 aliphatic rings. The van der Waals surface area contributed by atoms with Crippen molar-refractivity contribution in [1.82, 2.24) is 14.5 Å². The van der Waals surface area contributed by atoms with Crippen LogP contribution in [0.1, 0.15) is 27.9 Å². The lowest BCUT2D eigenvalue weighted by atomic mass is 9.96. The number of rotatable bonds is 15. The highest BCUT2D eigenvalue weighted by atomic mass is 32.2. The topological polar surface area (TPSA) is 85.0 Å². The minimum absolute atomic E-state index is 0.0526. The SMILES string of the molecule is Cc1cc(S(=O)(=O)NC(=O)c2ccc(N3CCN(Cc4ccccc4-c4ccc5ccccc5c4)CC3)cc2)ccc1N[C@H](CCN(C)C)CSc1ccccc1. The minimum Gasteiger partial charge on any atom is -0.381 e. The van der Waals surface area contributed by atoms with Crippen molar-refractivity contribution in [2.75, 3.05) is 62.8 Å². The van der Waals surface area contributed by atoms with Crippen LogP contribution in [0, 0.1) is 6.92 Å². The summed E-state index contributed by atoms with van der Waals surface area (Å²) in [5.41, 5.74) is 6.78. The Morgan fingerprint density at radius 2 is 1.47 bits per heavy atom. The number of hydrogen-bond acceptors (Lipinski definition) is 8. The van der Waals surface area contributed by atoms with Crippen molar-refractivity contribution >= 4 is 49.8 Å². The van der Waals surface area contributed by atoms with E-state index in [4.69, 9.17) is 0 Å². The van der Waals surface area contributed by atoms with Gasteiger partial charge < -0.3 is 15.1 Å². The largest absolute Gasteiger partial charge is 0.381 e. The van der Waals surface area contributed by atoms with Gasteiger partial charge in [0.25, 0.3) is 15.9 Å². The Morgan fingerprint density at radius 3 is 2.21 bits per heavy atom. The first-order valence-electron chi connectivity index (χ1n) is 19.5. The zero-order valence-electron chi connectivity index (χ0n) is 32.9. The van der Waals surface area contributed by atoms with E-state index in [1.165, 1.54) is 32.4 Å². The molecular weight excluding hydrogens is 747 g/mol. The van der Waals surface area contributed by atoms with Crippen molar-refractivity contribution in [2.24, 2.45) is 0 Å². The van der Waals surface area contributed by atoms with Crippen molar-refractivity contribution in [1.29, 1.82) is 0 Å². The Hall–Kier alpha value is -5.13. The molecule has 1 atom stereocenters. The number of amides is 1. The van der Waals surface area contributed by atoms with Gasteiger partial charge in [0.15, 0.2) is 0 Å². The monoisotopic (exact) mass is 797 g/mol. The first kappa shape index (κ1) is 40.1. The fourth-order valence-electron chi connectivity index (χ4n) is 7.28. The quantitative estimate of drug-likeness (QED) is 0.0999. The highest BCUT2D eigenvalue weighted by molar-refractivity contribution is 7.99. The number of benzene rings is 6. The standard InChI is InChI=1S/C47H51N5O3S2/c1-35-31-44(23-24-46(35)48-41(25-26-50(2)3)34-56-43-14-5-4-6-15-43)57(54,55)49-47(53)37-19-21-42(22-20-37)52-29-27-51(28-30-52)33-40-13-9-10-16-45(40)39-18-17-36-11-7-8-12-38(36)32-39/h4-24,31-32,41,48H,25-30,33-34H2,1-3H3,(H,49,53)/t41-/m1/s1. The Labute approximate surface area is 342 Å². The molecule has 10 heteroatoms. The maximum Gasteiger partial charge on any atom is 0.264 e. The lowest BCUT2D eigenvalue weighted by Gasteiger charge is -2.36. The molecule has 1 saturated heterocycles. The van der Waals surface area contributed by atoms with E-state index in [0.717, 1.165) is 68.4 Å². The van der Waals surface area contributed by atoms with Crippen molar-refractivity contribution in [3.05, 3.63) is 156 Å². The molecule has 0 bridgehead atoms. The Kier molecular flexibility index (Phi) is 13.0. The summed E-state index contributed by atoms with van der Waals surface area (Å²) in [5.74, 6) is 0.211. The molecule has 1 amide bonds. The number of anilines is 2. The number of hydrogen-bond donors (Lipinski definition) is 2. The molecule has 0 aliphatic carbocycles. The van der Waals surface area contributed by atoms with Crippen LogP contribution in [-0.4, -0.2) is 82.7 Å². The number of aryl methyl sites for hydroxylation is 1. The van der Waals surface area contributed by atoms with Gasteiger partial charge in [0.2, 0.25) is 0 Å². The predicted molar refractivity (Wildman–Crippen MR) is 237 cm³/mol. The van der Waals surface area contributed by atoms with Crippen molar-refractivity contribution in [3.63, 3.8) is 0 Å². The average Bonchev–Trinajstić information content (AvgIpc) is 3.23. The van der Waals surface area contributed by atoms with E-state index >= 15 is 0 Å². The maximum absolute atomic E-state index is 13.4. The lowest BCUT2D eigenvalue weighted by Crippen LogP contribution is -2.46. The van der Waals surface area contributed by atoms with Crippen LogP contribution < -0.4 is 14.9 Å². The van der Waals surface area contributed by atoms with Crippen molar-refractivity contribution in [2.45, 2.75) is 35.7 Å². The fraction of sp³-hybridized carbons (Fsp3) is 0.255. The molecule has 0 spiro atoms. The van der Waals surface area contributed by atoms with Crippen LogP contribution in [0.15, 0.2) is 149 Å². The first-order valence-corrected chi connectivity index (χ1v) is 22.0. The molecule has 1 aliphatic heterocycles. The molecule has 1 heterocycles. The van der Waals surface area contributed by atoms with E-state index in [9.17, 15) is 13.2 Å². The van der Waals surface area contributed by atoms with E-state index in [2.05, 4.69) is 118 Å². The molecule has 7 rings (SSSR count). The Bertz CT molecular complexity index is 2400. The van der Waals surface area contributed by atoms with Crippen LogP contribution in [0.5, 0.6) is 0 Å². The number of sulfonamides is 1. The van der Waals surface area contributed by atoms with E-state index in [-0.39, 0.29) is 10.9 Å². The minimum atomic E-state index is -4.09. The van der Waals surface area contributed by atoms with Gasteiger partial charge in [-0.15, -0.1) is 11.8 Å². The lowest BCUT2D eigenvalue weighted by molar-refractivity contribution is 0.0981. The summed E-state index contributed by atoms with van der Waals surface area (Å²) >= 11 is 1.80. The fourth-order valence-corrected chi connectivity index (χ4v) is 9.33. The van der Waals surface area contributed by atoms with Crippen LogP contribution in [0.25, 0.3) is 21.9 Å². The molecule has 0 aromatic heterocycles. The average molecular weight is 798 g/mol. The molecule has 6 aromatic rings. The van der Waals surface area contributed by atoms with Gasteiger partial charge in [-0.25, -0.2) is 13.1 Å². The first-order chi connectivity index (χ1) is 27.6. The number of carbonyl (C=O) groups is 1. The van der Waals surface area contributed by atoms with E-state index in [0.29, 0.717) is 5.56 Å². The number of thioether (sulfide) groups is 1. The third kappa shape index (κ3) is 10.4. The van der Waals surface area contributed by atoms with Gasteiger partial charge in [-0.3, -0.25) is 9.69 Å². The number of fused-ring (bicyclic) bond motifs is 1. The second-order valence-corrected chi connectivity index (χ2v) is 17.8. The summed E-state index contributed by atoms with van der Waals surface area (Å²) in [6.07, 6.45) is 0.930. The molecule has 0 saturated carbocycles. The highest BCUT2D eigenvalue weighted by Crippen LogP contribution is 2.29. The van der Waals surface area contributed by atoms with Crippen molar-refractivity contribution < 1.29 is 13.2 Å². The molecule has 0 radical (unpaired) electrons. The van der Waals surface area contributed by atoms with Gasteiger partial charge in [0.1, 0.15) is 0 Å². The van der Waals surface area contributed by atoms with Gasteiger partial charge in [0.05, 0.1) is 4.90 Å². The zero-order valence-corrected chi connectivity index (χ0v) is 34.5. The second-order valence-electron chi connectivity index (χ2n) is 15.0. The van der Waals surface area contributed by atoms with Crippen LogP contribution in [-0.2, 0) is 16.6 Å². The Morgan fingerprint density at radius 1 is 0.772 bits per heavy atom. The summed E-state index contributed by atoms with van der Waals surface area (Å²) in [6.45, 7) is 7.20. The van der Waals surface area contributed by atoms with E-state index in [1.807, 2.05) is 37.3 Å². The summed E-state index contributed by atoms with van der Waals surface area (Å²) in [6, 6.07) is 46.5. The third-order valence-corrected chi connectivity index (χ3v) is 13.1. The summed E-state index contributed by atoms with van der Waals surface area (Å²) in [4.78, 5) is 21.4. The van der Waals surface area contributed by atoms with E-state index < -0.39 is 15.9 Å². The molecule has 1 fully saturated rings. The Balaban J connectivity index is 0.929. The molecule has 2 N–H and O–H groups in total. The molecule has 294 valence electrons. The van der Waals surface area contributed by atoms with Gasteiger partial charge in [-0.2, -0.15) is 0 Å². The van der Waals surface area contributed by atoms with Crippen LogP contribution in [0.3, 0.4) is 0 Å². The summed E-state index contributed by atoms with van der Waals surface area (Å²) in [5, 5.41) is 6.13. The number of nitrogens with zero attached hydrogens (tertiary/aromatic N) is 3.